The molecule has 0 saturated carbocycles. The minimum absolute atomic E-state index is 0.0231. The van der Waals surface area contributed by atoms with Gasteiger partial charge < -0.3 is 15.7 Å². The maximum absolute atomic E-state index is 12.4. The van der Waals surface area contributed by atoms with Crippen LogP contribution in [0.2, 0.25) is 0 Å². The van der Waals surface area contributed by atoms with Crippen molar-refractivity contribution in [2.45, 2.75) is 37.6 Å². The molecule has 3 N–H and O–H groups in total. The minimum Gasteiger partial charge on any atom is -0.480 e. The maximum Gasteiger partial charge on any atom is 0.327 e. The van der Waals surface area contributed by atoms with E-state index in [0.29, 0.717) is 24.3 Å². The molecule has 1 fully saturated rings. The van der Waals surface area contributed by atoms with E-state index in [4.69, 9.17) is 5.73 Å². The van der Waals surface area contributed by atoms with E-state index in [0.717, 1.165) is 12.0 Å². The Balaban J connectivity index is 2.00. The fraction of sp³-hybridized carbons (Fsp3) is 0.467. The van der Waals surface area contributed by atoms with Gasteiger partial charge in [0.1, 0.15) is 6.04 Å². The largest absolute Gasteiger partial charge is 0.480 e. The van der Waals surface area contributed by atoms with E-state index >= 15 is 0 Å². The number of anilines is 1. The second-order valence-electron chi connectivity index (χ2n) is 5.09. The molecule has 2 rings (SSSR count). The van der Waals surface area contributed by atoms with Crippen LogP contribution in [-0.2, 0) is 16.0 Å². The number of aliphatic carboxylic acids is 1. The molecule has 0 aliphatic carbocycles. The third kappa shape index (κ3) is 3.69. The van der Waals surface area contributed by atoms with Crippen LogP contribution in [-0.4, -0.2) is 39.1 Å². The molecule has 114 valence electrons. The molecule has 0 bridgehead atoms. The summed E-state index contributed by atoms with van der Waals surface area (Å²) >= 11 is 1.55. The standard InChI is InChI=1S/C15H20N2O3S/c1-2-14-17(12(9-21-14)15(19)20)13(18)8-5-10-3-6-11(16)7-4-10/h3-4,6-7,12,14H,2,5,8-9,16H2,1H3,(H,19,20). The minimum atomic E-state index is -0.917. The third-order valence-corrected chi connectivity index (χ3v) is 5.08. The van der Waals surface area contributed by atoms with E-state index in [1.807, 2.05) is 19.1 Å². The van der Waals surface area contributed by atoms with Crippen LogP contribution >= 0.6 is 11.8 Å². The van der Waals surface area contributed by atoms with Gasteiger partial charge in [0.2, 0.25) is 5.91 Å². The summed E-state index contributed by atoms with van der Waals surface area (Å²) < 4.78 is 0. The first-order chi connectivity index (χ1) is 10.0. The molecule has 2 unspecified atom stereocenters. The number of hydrogen-bond acceptors (Lipinski definition) is 4. The van der Waals surface area contributed by atoms with E-state index in [1.165, 1.54) is 0 Å². The molecule has 0 spiro atoms. The van der Waals surface area contributed by atoms with Gasteiger partial charge in [-0.3, -0.25) is 4.79 Å². The van der Waals surface area contributed by atoms with Crippen LogP contribution in [0.3, 0.4) is 0 Å². The Kier molecular flexibility index (Phi) is 5.12. The molecule has 2 atom stereocenters. The van der Waals surface area contributed by atoms with Gasteiger partial charge in [-0.05, 0) is 30.5 Å². The highest BCUT2D eigenvalue weighted by Gasteiger charge is 2.40. The second kappa shape index (κ2) is 6.85. The average molecular weight is 308 g/mol. The molecular formula is C15H20N2O3S. The monoisotopic (exact) mass is 308 g/mol. The predicted molar refractivity (Wildman–Crippen MR) is 84.0 cm³/mol. The lowest BCUT2D eigenvalue weighted by Crippen LogP contribution is -2.45. The van der Waals surface area contributed by atoms with Crippen molar-refractivity contribution in [2.75, 3.05) is 11.5 Å². The zero-order valence-electron chi connectivity index (χ0n) is 12.0. The molecule has 1 aromatic carbocycles. The summed E-state index contributed by atoms with van der Waals surface area (Å²) in [4.78, 5) is 25.2. The van der Waals surface area contributed by atoms with Crippen molar-refractivity contribution >= 4 is 29.3 Å². The summed E-state index contributed by atoms with van der Waals surface area (Å²) in [6.07, 6.45) is 1.69. The Bertz CT molecular complexity index is 518. The van der Waals surface area contributed by atoms with Gasteiger partial charge in [-0.25, -0.2) is 4.79 Å². The SMILES string of the molecule is CCC1SCC(C(=O)O)N1C(=O)CCc1ccc(N)cc1. The van der Waals surface area contributed by atoms with E-state index in [-0.39, 0.29) is 11.3 Å². The second-order valence-corrected chi connectivity index (χ2v) is 6.30. The molecule has 0 aromatic heterocycles. The van der Waals surface area contributed by atoms with Crippen LogP contribution < -0.4 is 5.73 Å². The summed E-state index contributed by atoms with van der Waals surface area (Å²) in [7, 11) is 0. The number of carbonyl (C=O) groups is 2. The topological polar surface area (TPSA) is 83.6 Å². The molecule has 1 saturated heterocycles. The Morgan fingerprint density at radius 1 is 1.38 bits per heavy atom. The van der Waals surface area contributed by atoms with E-state index < -0.39 is 12.0 Å². The van der Waals surface area contributed by atoms with Gasteiger partial charge in [-0.15, -0.1) is 11.8 Å². The van der Waals surface area contributed by atoms with Gasteiger partial charge >= 0.3 is 5.97 Å². The Labute approximate surface area is 128 Å². The lowest BCUT2D eigenvalue weighted by molar-refractivity contribution is -0.149. The highest BCUT2D eigenvalue weighted by Crippen LogP contribution is 2.32. The van der Waals surface area contributed by atoms with Crippen molar-refractivity contribution in [1.82, 2.24) is 4.90 Å². The molecule has 1 aromatic rings. The summed E-state index contributed by atoms with van der Waals surface area (Å²) in [5, 5.41) is 9.22. The average Bonchev–Trinajstić information content (AvgIpc) is 2.90. The number of benzene rings is 1. The Morgan fingerprint density at radius 3 is 2.62 bits per heavy atom. The Morgan fingerprint density at radius 2 is 2.05 bits per heavy atom. The number of nitrogen functional groups attached to an aromatic ring is 1. The lowest BCUT2D eigenvalue weighted by Gasteiger charge is -2.26. The van der Waals surface area contributed by atoms with Crippen LogP contribution in [0.4, 0.5) is 5.69 Å². The number of thioether (sulfide) groups is 1. The van der Waals surface area contributed by atoms with Crippen molar-refractivity contribution in [3.8, 4) is 0 Å². The predicted octanol–water partition coefficient (Wildman–Crippen LogP) is 1.97. The number of rotatable bonds is 5. The zero-order valence-corrected chi connectivity index (χ0v) is 12.8. The quantitative estimate of drug-likeness (QED) is 0.813. The van der Waals surface area contributed by atoms with Crippen molar-refractivity contribution in [3.63, 3.8) is 0 Å². The van der Waals surface area contributed by atoms with Gasteiger partial charge in [-0.1, -0.05) is 19.1 Å². The molecule has 1 heterocycles. The van der Waals surface area contributed by atoms with E-state index in [9.17, 15) is 14.7 Å². The van der Waals surface area contributed by atoms with Crippen molar-refractivity contribution in [3.05, 3.63) is 29.8 Å². The first-order valence-electron chi connectivity index (χ1n) is 7.03. The van der Waals surface area contributed by atoms with Crippen molar-refractivity contribution < 1.29 is 14.7 Å². The lowest BCUT2D eigenvalue weighted by atomic mass is 10.1. The number of carboxylic acids is 1. The number of hydrogen-bond donors (Lipinski definition) is 2. The smallest absolute Gasteiger partial charge is 0.327 e. The first-order valence-corrected chi connectivity index (χ1v) is 8.07. The molecule has 0 radical (unpaired) electrons. The molecule has 21 heavy (non-hydrogen) atoms. The third-order valence-electron chi connectivity index (χ3n) is 3.62. The number of aryl methyl sites for hydroxylation is 1. The van der Waals surface area contributed by atoms with Crippen molar-refractivity contribution in [2.24, 2.45) is 0 Å². The highest BCUT2D eigenvalue weighted by molar-refractivity contribution is 8.00. The normalized spacial score (nSPS) is 21.5. The number of carbonyl (C=O) groups excluding carboxylic acids is 1. The molecule has 1 aliphatic heterocycles. The van der Waals surface area contributed by atoms with Gasteiger partial charge in [0.25, 0.3) is 0 Å². The van der Waals surface area contributed by atoms with Crippen LogP contribution in [0.15, 0.2) is 24.3 Å². The molecule has 6 heteroatoms. The molecule has 1 amide bonds. The van der Waals surface area contributed by atoms with Crippen LogP contribution in [0.25, 0.3) is 0 Å². The highest BCUT2D eigenvalue weighted by atomic mass is 32.2. The van der Waals surface area contributed by atoms with Crippen molar-refractivity contribution in [1.29, 1.82) is 0 Å². The number of amides is 1. The molecule has 1 aliphatic rings. The van der Waals surface area contributed by atoms with E-state index in [2.05, 4.69) is 0 Å². The Hall–Kier alpha value is -1.69. The first kappa shape index (κ1) is 15.7. The van der Waals surface area contributed by atoms with Crippen LogP contribution in [0.1, 0.15) is 25.3 Å². The zero-order chi connectivity index (χ0) is 15.4. The number of carboxylic acid groups (broad SMARTS) is 1. The van der Waals surface area contributed by atoms with Crippen LogP contribution in [0, 0.1) is 0 Å². The summed E-state index contributed by atoms with van der Waals surface area (Å²) in [5.74, 6) is -0.531. The number of nitrogens with two attached hydrogens (primary N) is 1. The number of nitrogens with zero attached hydrogens (tertiary/aromatic N) is 1. The van der Waals surface area contributed by atoms with Gasteiger partial charge in [0.15, 0.2) is 0 Å². The molecule has 5 nitrogen and oxygen atoms in total. The van der Waals surface area contributed by atoms with Gasteiger partial charge in [0.05, 0.1) is 5.37 Å². The maximum atomic E-state index is 12.4. The summed E-state index contributed by atoms with van der Waals surface area (Å²) in [6, 6.07) is 6.71. The molecular weight excluding hydrogens is 288 g/mol. The summed E-state index contributed by atoms with van der Waals surface area (Å²) in [6.45, 7) is 1.97. The fourth-order valence-corrected chi connectivity index (χ4v) is 3.84. The fourth-order valence-electron chi connectivity index (χ4n) is 2.47. The van der Waals surface area contributed by atoms with E-state index in [1.54, 1.807) is 28.8 Å². The van der Waals surface area contributed by atoms with Gasteiger partial charge in [-0.2, -0.15) is 0 Å². The summed E-state index contributed by atoms with van der Waals surface area (Å²) in [5.41, 5.74) is 7.35. The van der Waals surface area contributed by atoms with Gasteiger partial charge in [0, 0.05) is 17.9 Å². The van der Waals surface area contributed by atoms with Crippen LogP contribution in [0.5, 0.6) is 0 Å².